The highest BCUT2D eigenvalue weighted by Crippen LogP contribution is 2.55. The summed E-state index contributed by atoms with van der Waals surface area (Å²) in [7, 11) is -2.37. The van der Waals surface area contributed by atoms with E-state index in [-0.39, 0.29) is 41.8 Å². The maximum Gasteiger partial charge on any atom is 0.331 e. The molecule has 196 valence electrons. The van der Waals surface area contributed by atoms with E-state index in [2.05, 4.69) is 5.32 Å². The van der Waals surface area contributed by atoms with Crippen molar-refractivity contribution in [3.8, 4) is 5.75 Å². The molecule has 0 unspecified atom stereocenters. The number of benzene rings is 1. The number of hydrogen-bond donors (Lipinski definition) is 1. The Morgan fingerprint density at radius 2 is 1.75 bits per heavy atom. The molecule has 10 heteroatoms. The third kappa shape index (κ3) is 5.31. The topological polar surface area (TPSA) is 111 Å². The molecule has 1 aromatic rings. The Labute approximate surface area is 212 Å². The van der Waals surface area contributed by atoms with E-state index in [0.29, 0.717) is 36.5 Å². The van der Waals surface area contributed by atoms with Crippen molar-refractivity contribution in [2.45, 2.75) is 49.0 Å². The molecule has 1 amide bonds. The summed E-state index contributed by atoms with van der Waals surface area (Å²) in [4.78, 5) is 24.9. The average molecular weight is 519 g/mol. The fourth-order valence-electron chi connectivity index (χ4n) is 6.87. The number of esters is 1. The Kier molecular flexibility index (Phi) is 7.11. The van der Waals surface area contributed by atoms with Gasteiger partial charge >= 0.3 is 5.97 Å². The Hall–Kier alpha value is -2.43. The number of ether oxygens (including phenoxy) is 3. The van der Waals surface area contributed by atoms with Crippen molar-refractivity contribution in [3.63, 3.8) is 0 Å². The number of nitrogens with zero attached hydrogens (tertiary/aromatic N) is 1. The Balaban J connectivity index is 1.18. The van der Waals surface area contributed by atoms with Crippen LogP contribution in [0.3, 0.4) is 0 Å². The summed E-state index contributed by atoms with van der Waals surface area (Å²) in [5.41, 5.74) is 0.372. The third-order valence-corrected chi connectivity index (χ3v) is 9.90. The molecular formula is C26H34N2O7S. The number of carbonyl (C=O) groups excluding carboxylic acids is 2. The van der Waals surface area contributed by atoms with Crippen LogP contribution in [0.1, 0.15) is 44.1 Å². The van der Waals surface area contributed by atoms with Gasteiger partial charge in [0.2, 0.25) is 10.0 Å². The average Bonchev–Trinajstić information content (AvgIpc) is 2.85. The SMILES string of the molecule is COc1ccc(C=CC(=O)OCC(=O)NC23CC4CC(CC(C4)C2)C3)cc1S(=O)(=O)N1CCOCC1. The van der Waals surface area contributed by atoms with E-state index in [4.69, 9.17) is 14.2 Å². The molecule has 0 atom stereocenters. The molecule has 5 aliphatic rings. The van der Waals surface area contributed by atoms with Gasteiger partial charge in [-0.25, -0.2) is 13.2 Å². The van der Waals surface area contributed by atoms with Crippen LogP contribution in [0.2, 0.25) is 0 Å². The molecule has 1 aromatic carbocycles. The number of amides is 1. The molecule has 1 aliphatic heterocycles. The van der Waals surface area contributed by atoms with E-state index >= 15 is 0 Å². The first-order chi connectivity index (χ1) is 17.3. The molecule has 5 fully saturated rings. The Bertz CT molecular complexity index is 1110. The summed E-state index contributed by atoms with van der Waals surface area (Å²) in [6.07, 6.45) is 9.63. The summed E-state index contributed by atoms with van der Waals surface area (Å²) in [5.74, 6) is 1.43. The highest BCUT2D eigenvalue weighted by atomic mass is 32.2. The first-order valence-corrected chi connectivity index (χ1v) is 14.1. The number of nitrogens with one attached hydrogen (secondary N) is 1. The van der Waals surface area contributed by atoms with Crippen LogP contribution < -0.4 is 10.1 Å². The van der Waals surface area contributed by atoms with Crippen LogP contribution in [-0.4, -0.2) is 70.2 Å². The molecule has 0 aromatic heterocycles. The van der Waals surface area contributed by atoms with Gasteiger partial charge in [0.25, 0.3) is 5.91 Å². The molecule has 4 saturated carbocycles. The van der Waals surface area contributed by atoms with Crippen molar-refractivity contribution >= 4 is 28.0 Å². The van der Waals surface area contributed by atoms with Crippen LogP contribution in [0.4, 0.5) is 0 Å². The molecule has 0 spiro atoms. The second-order valence-corrected chi connectivity index (χ2v) is 12.5. The molecular weight excluding hydrogens is 484 g/mol. The predicted molar refractivity (Wildman–Crippen MR) is 132 cm³/mol. The van der Waals surface area contributed by atoms with Gasteiger partial charge in [-0.1, -0.05) is 6.07 Å². The molecule has 1 saturated heterocycles. The summed E-state index contributed by atoms with van der Waals surface area (Å²) < 4.78 is 43.3. The van der Waals surface area contributed by atoms with Crippen molar-refractivity contribution in [1.29, 1.82) is 0 Å². The Morgan fingerprint density at radius 3 is 2.36 bits per heavy atom. The van der Waals surface area contributed by atoms with Crippen LogP contribution in [-0.2, 0) is 29.1 Å². The first kappa shape index (κ1) is 25.2. The standard InChI is InChI=1S/C26H34N2O7S/c1-33-22-4-2-18(13-23(22)36(31,32)28-6-8-34-9-7-28)3-5-25(30)35-17-24(29)27-26-14-19-10-20(15-26)12-21(11-19)16-26/h2-5,13,19-21H,6-12,14-17H2,1H3,(H,27,29). The van der Waals surface area contributed by atoms with Gasteiger partial charge in [0.05, 0.1) is 20.3 Å². The van der Waals surface area contributed by atoms with Crippen LogP contribution >= 0.6 is 0 Å². The third-order valence-electron chi connectivity index (χ3n) is 7.98. The van der Waals surface area contributed by atoms with Crippen LogP contribution in [0.15, 0.2) is 29.2 Å². The molecule has 1 N–H and O–H groups in total. The zero-order valence-electron chi connectivity index (χ0n) is 20.6. The molecule has 0 radical (unpaired) electrons. The quantitative estimate of drug-likeness (QED) is 0.415. The Morgan fingerprint density at radius 1 is 1.11 bits per heavy atom. The number of methoxy groups -OCH3 is 1. The molecule has 4 aliphatic carbocycles. The van der Waals surface area contributed by atoms with E-state index in [1.165, 1.54) is 48.9 Å². The van der Waals surface area contributed by atoms with Gasteiger partial charge < -0.3 is 19.5 Å². The minimum absolute atomic E-state index is 0.0253. The van der Waals surface area contributed by atoms with Crippen molar-refractivity contribution in [1.82, 2.24) is 9.62 Å². The molecule has 36 heavy (non-hydrogen) atoms. The monoisotopic (exact) mass is 518 g/mol. The normalized spacial score (nSPS) is 29.9. The van der Waals surface area contributed by atoms with Gasteiger partial charge in [-0.05, 0) is 80.1 Å². The van der Waals surface area contributed by atoms with Gasteiger partial charge in [0, 0.05) is 24.7 Å². The smallest absolute Gasteiger partial charge is 0.331 e. The van der Waals surface area contributed by atoms with Gasteiger partial charge in [-0.2, -0.15) is 4.31 Å². The van der Waals surface area contributed by atoms with Crippen molar-refractivity contribution < 1.29 is 32.2 Å². The lowest BCUT2D eigenvalue weighted by atomic mass is 9.53. The van der Waals surface area contributed by atoms with E-state index < -0.39 is 16.0 Å². The van der Waals surface area contributed by atoms with E-state index in [0.717, 1.165) is 19.3 Å². The van der Waals surface area contributed by atoms with Crippen molar-refractivity contribution in [3.05, 3.63) is 29.8 Å². The number of morpholine rings is 1. The van der Waals surface area contributed by atoms with Crippen LogP contribution in [0.25, 0.3) is 6.08 Å². The van der Waals surface area contributed by atoms with Gasteiger partial charge in [0.1, 0.15) is 10.6 Å². The number of hydrogen-bond acceptors (Lipinski definition) is 7. The molecule has 9 nitrogen and oxygen atoms in total. The van der Waals surface area contributed by atoms with E-state index in [9.17, 15) is 18.0 Å². The molecule has 1 heterocycles. The van der Waals surface area contributed by atoms with Crippen LogP contribution in [0, 0.1) is 17.8 Å². The second kappa shape index (κ2) is 10.1. The summed E-state index contributed by atoms with van der Waals surface area (Å²) in [6.45, 7) is 0.878. The summed E-state index contributed by atoms with van der Waals surface area (Å²) in [6, 6.07) is 4.67. The zero-order valence-corrected chi connectivity index (χ0v) is 21.4. The lowest BCUT2D eigenvalue weighted by Crippen LogP contribution is -2.60. The first-order valence-electron chi connectivity index (χ1n) is 12.7. The van der Waals surface area contributed by atoms with Crippen LogP contribution in [0.5, 0.6) is 5.75 Å². The summed E-state index contributed by atoms with van der Waals surface area (Å²) >= 11 is 0. The second-order valence-electron chi connectivity index (χ2n) is 10.6. The molecule has 4 bridgehead atoms. The van der Waals surface area contributed by atoms with Crippen molar-refractivity contribution in [2.24, 2.45) is 17.8 Å². The highest BCUT2D eigenvalue weighted by Gasteiger charge is 2.51. The lowest BCUT2D eigenvalue weighted by molar-refractivity contribution is -0.145. The maximum atomic E-state index is 13.1. The fraction of sp³-hybridized carbons (Fsp3) is 0.615. The van der Waals surface area contributed by atoms with Gasteiger partial charge in [-0.15, -0.1) is 0 Å². The largest absolute Gasteiger partial charge is 0.495 e. The van der Waals surface area contributed by atoms with E-state index in [1.807, 2.05) is 0 Å². The van der Waals surface area contributed by atoms with Crippen molar-refractivity contribution in [2.75, 3.05) is 40.0 Å². The number of sulfonamides is 1. The minimum atomic E-state index is -3.78. The van der Waals surface area contributed by atoms with E-state index in [1.54, 1.807) is 12.1 Å². The number of rotatable bonds is 8. The lowest BCUT2D eigenvalue weighted by Gasteiger charge is -2.56. The molecule has 6 rings (SSSR count). The fourth-order valence-corrected chi connectivity index (χ4v) is 8.47. The predicted octanol–water partition coefficient (Wildman–Crippen LogP) is 2.36. The number of carbonyl (C=O) groups is 2. The minimum Gasteiger partial charge on any atom is -0.495 e. The van der Waals surface area contributed by atoms with Gasteiger partial charge in [-0.3, -0.25) is 4.79 Å². The highest BCUT2D eigenvalue weighted by molar-refractivity contribution is 7.89. The maximum absolute atomic E-state index is 13.1. The van der Waals surface area contributed by atoms with Gasteiger partial charge in [0.15, 0.2) is 6.61 Å². The zero-order chi connectivity index (χ0) is 25.3. The summed E-state index contributed by atoms with van der Waals surface area (Å²) in [5, 5.41) is 3.19.